The van der Waals surface area contributed by atoms with Gasteiger partial charge in [0.15, 0.2) is 0 Å². The van der Waals surface area contributed by atoms with Gasteiger partial charge >= 0.3 is 0 Å². The SMILES string of the molecule is CCCCCN(CC1CC(CC)CCC1O)C(C)C. The van der Waals surface area contributed by atoms with E-state index < -0.39 is 0 Å². The van der Waals surface area contributed by atoms with E-state index >= 15 is 0 Å². The average molecular weight is 269 g/mol. The van der Waals surface area contributed by atoms with Crippen LogP contribution >= 0.6 is 0 Å². The van der Waals surface area contributed by atoms with Gasteiger partial charge in [0, 0.05) is 12.6 Å². The van der Waals surface area contributed by atoms with Crippen molar-refractivity contribution in [2.75, 3.05) is 13.1 Å². The van der Waals surface area contributed by atoms with Crippen LogP contribution in [0.2, 0.25) is 0 Å². The Labute approximate surface area is 120 Å². The molecule has 0 aliphatic heterocycles. The molecule has 19 heavy (non-hydrogen) atoms. The van der Waals surface area contributed by atoms with Crippen LogP contribution < -0.4 is 0 Å². The van der Waals surface area contributed by atoms with E-state index in [4.69, 9.17) is 0 Å². The molecule has 0 amide bonds. The van der Waals surface area contributed by atoms with Crippen LogP contribution in [-0.4, -0.2) is 35.2 Å². The van der Waals surface area contributed by atoms with Crippen LogP contribution in [-0.2, 0) is 0 Å². The maximum absolute atomic E-state index is 10.3. The van der Waals surface area contributed by atoms with Gasteiger partial charge in [-0.05, 0) is 57.9 Å². The molecule has 3 unspecified atom stereocenters. The summed E-state index contributed by atoms with van der Waals surface area (Å²) in [6.45, 7) is 11.4. The lowest BCUT2D eigenvalue weighted by Gasteiger charge is -2.38. The van der Waals surface area contributed by atoms with Crippen molar-refractivity contribution in [3.8, 4) is 0 Å². The minimum Gasteiger partial charge on any atom is -0.393 e. The van der Waals surface area contributed by atoms with Crippen molar-refractivity contribution in [2.45, 2.75) is 84.8 Å². The first-order valence-electron chi connectivity index (χ1n) is 8.50. The fourth-order valence-electron chi connectivity index (χ4n) is 3.34. The van der Waals surface area contributed by atoms with E-state index in [-0.39, 0.29) is 6.10 Å². The van der Waals surface area contributed by atoms with Crippen LogP contribution in [0.1, 0.15) is 72.6 Å². The molecule has 0 aromatic heterocycles. The van der Waals surface area contributed by atoms with Gasteiger partial charge in [0.2, 0.25) is 0 Å². The molecule has 2 nitrogen and oxygen atoms in total. The highest BCUT2D eigenvalue weighted by molar-refractivity contribution is 4.82. The quantitative estimate of drug-likeness (QED) is 0.671. The van der Waals surface area contributed by atoms with Crippen LogP contribution in [0.3, 0.4) is 0 Å². The van der Waals surface area contributed by atoms with Gasteiger partial charge in [-0.25, -0.2) is 0 Å². The minimum atomic E-state index is -0.0600. The molecule has 1 aliphatic rings. The number of unbranched alkanes of at least 4 members (excludes halogenated alkanes) is 2. The molecule has 0 bridgehead atoms. The molecule has 0 saturated heterocycles. The van der Waals surface area contributed by atoms with E-state index in [9.17, 15) is 5.11 Å². The molecule has 1 aliphatic carbocycles. The summed E-state index contributed by atoms with van der Waals surface area (Å²) < 4.78 is 0. The van der Waals surface area contributed by atoms with Gasteiger partial charge in [-0.2, -0.15) is 0 Å². The summed E-state index contributed by atoms with van der Waals surface area (Å²) in [5.41, 5.74) is 0. The first-order chi connectivity index (χ1) is 9.08. The zero-order valence-corrected chi connectivity index (χ0v) is 13.6. The third-order valence-electron chi connectivity index (χ3n) is 4.88. The zero-order chi connectivity index (χ0) is 14.3. The van der Waals surface area contributed by atoms with Crippen LogP contribution in [0.5, 0.6) is 0 Å². The van der Waals surface area contributed by atoms with Crippen molar-refractivity contribution in [3.05, 3.63) is 0 Å². The van der Waals surface area contributed by atoms with E-state index in [0.717, 1.165) is 18.9 Å². The molecule has 3 atom stereocenters. The fraction of sp³-hybridized carbons (Fsp3) is 1.00. The highest BCUT2D eigenvalue weighted by Crippen LogP contribution is 2.32. The van der Waals surface area contributed by atoms with E-state index in [2.05, 4.69) is 32.6 Å². The summed E-state index contributed by atoms with van der Waals surface area (Å²) in [6, 6.07) is 0.603. The number of aliphatic hydroxyl groups excluding tert-OH is 1. The van der Waals surface area contributed by atoms with Gasteiger partial charge in [-0.15, -0.1) is 0 Å². The summed E-state index contributed by atoms with van der Waals surface area (Å²) in [4.78, 5) is 2.58. The highest BCUT2D eigenvalue weighted by atomic mass is 16.3. The monoisotopic (exact) mass is 269 g/mol. The third kappa shape index (κ3) is 5.83. The van der Waals surface area contributed by atoms with E-state index in [1.54, 1.807) is 0 Å². The molecule has 2 heteroatoms. The zero-order valence-electron chi connectivity index (χ0n) is 13.6. The van der Waals surface area contributed by atoms with Crippen LogP contribution in [0.4, 0.5) is 0 Å². The lowest BCUT2D eigenvalue weighted by Crippen LogP contribution is -2.42. The number of hydrogen-bond acceptors (Lipinski definition) is 2. The van der Waals surface area contributed by atoms with Crippen molar-refractivity contribution < 1.29 is 5.11 Å². The van der Waals surface area contributed by atoms with Crippen molar-refractivity contribution in [1.82, 2.24) is 4.90 Å². The molecule has 114 valence electrons. The summed E-state index contributed by atoms with van der Waals surface area (Å²) in [5, 5.41) is 10.3. The van der Waals surface area contributed by atoms with E-state index in [0.29, 0.717) is 12.0 Å². The lowest BCUT2D eigenvalue weighted by atomic mass is 9.78. The summed E-state index contributed by atoms with van der Waals surface area (Å²) in [7, 11) is 0. The standard InChI is InChI=1S/C17H35NO/c1-5-7-8-11-18(14(3)4)13-16-12-15(6-2)9-10-17(16)19/h14-17,19H,5-13H2,1-4H3. The van der Waals surface area contributed by atoms with Gasteiger partial charge in [-0.3, -0.25) is 0 Å². The Hall–Kier alpha value is -0.0800. The molecule has 0 heterocycles. The highest BCUT2D eigenvalue weighted by Gasteiger charge is 2.30. The van der Waals surface area contributed by atoms with Gasteiger partial charge in [-0.1, -0.05) is 33.1 Å². The van der Waals surface area contributed by atoms with Gasteiger partial charge in [0.25, 0.3) is 0 Å². The van der Waals surface area contributed by atoms with Crippen molar-refractivity contribution in [1.29, 1.82) is 0 Å². The van der Waals surface area contributed by atoms with Gasteiger partial charge < -0.3 is 10.0 Å². The maximum atomic E-state index is 10.3. The third-order valence-corrected chi connectivity index (χ3v) is 4.88. The van der Waals surface area contributed by atoms with Crippen molar-refractivity contribution >= 4 is 0 Å². The van der Waals surface area contributed by atoms with Gasteiger partial charge in [0.1, 0.15) is 0 Å². The van der Waals surface area contributed by atoms with Crippen molar-refractivity contribution in [3.63, 3.8) is 0 Å². The first-order valence-corrected chi connectivity index (χ1v) is 8.50. The predicted octanol–water partition coefficient (Wildman–Crippen LogP) is 4.07. The minimum absolute atomic E-state index is 0.0600. The summed E-state index contributed by atoms with van der Waals surface area (Å²) in [6.07, 6.45) is 8.61. The Morgan fingerprint density at radius 3 is 2.47 bits per heavy atom. The molecule has 0 spiro atoms. The topological polar surface area (TPSA) is 23.5 Å². The number of rotatable bonds is 8. The lowest BCUT2D eigenvalue weighted by molar-refractivity contribution is 0.0206. The number of hydrogen-bond donors (Lipinski definition) is 1. The second-order valence-electron chi connectivity index (χ2n) is 6.71. The Morgan fingerprint density at radius 1 is 1.16 bits per heavy atom. The number of nitrogens with zero attached hydrogens (tertiary/aromatic N) is 1. The molecule has 0 radical (unpaired) electrons. The molecule has 0 aromatic carbocycles. The second-order valence-corrected chi connectivity index (χ2v) is 6.71. The molecule has 1 saturated carbocycles. The Balaban J connectivity index is 2.46. The molecule has 1 rings (SSSR count). The maximum Gasteiger partial charge on any atom is 0.0580 e. The Kier molecular flexibility index (Phi) is 8.01. The van der Waals surface area contributed by atoms with Gasteiger partial charge in [0.05, 0.1) is 6.10 Å². The Morgan fingerprint density at radius 2 is 1.89 bits per heavy atom. The Bertz CT molecular complexity index is 229. The molecule has 1 fully saturated rings. The van der Waals surface area contributed by atoms with E-state index in [1.165, 1.54) is 45.1 Å². The molecular formula is C17H35NO. The number of aliphatic hydroxyl groups is 1. The molecule has 0 aromatic rings. The first kappa shape index (κ1) is 17.0. The summed E-state index contributed by atoms with van der Waals surface area (Å²) in [5.74, 6) is 1.35. The largest absolute Gasteiger partial charge is 0.393 e. The second kappa shape index (κ2) is 8.97. The van der Waals surface area contributed by atoms with E-state index in [1.807, 2.05) is 0 Å². The summed E-state index contributed by atoms with van der Waals surface area (Å²) >= 11 is 0. The smallest absolute Gasteiger partial charge is 0.0580 e. The molecular weight excluding hydrogens is 234 g/mol. The van der Waals surface area contributed by atoms with Crippen molar-refractivity contribution in [2.24, 2.45) is 11.8 Å². The van der Waals surface area contributed by atoms with Crippen LogP contribution in [0, 0.1) is 11.8 Å². The average Bonchev–Trinajstić information content (AvgIpc) is 2.39. The van der Waals surface area contributed by atoms with Crippen LogP contribution in [0.25, 0.3) is 0 Å². The normalized spacial score (nSPS) is 28.3. The fourth-order valence-corrected chi connectivity index (χ4v) is 3.34. The predicted molar refractivity (Wildman–Crippen MR) is 83.4 cm³/mol. The van der Waals surface area contributed by atoms with Crippen LogP contribution in [0.15, 0.2) is 0 Å². The molecule has 1 N–H and O–H groups in total.